The Morgan fingerprint density at radius 1 is 1.17 bits per heavy atom. The molecule has 0 aromatic heterocycles. The van der Waals surface area contributed by atoms with E-state index in [2.05, 4.69) is 15.9 Å². The van der Waals surface area contributed by atoms with E-state index < -0.39 is 5.60 Å². The highest BCUT2D eigenvalue weighted by Crippen LogP contribution is 2.35. The molecule has 0 saturated heterocycles. The Labute approximate surface area is 125 Å². The zero-order valence-corrected chi connectivity index (χ0v) is 13.0. The fourth-order valence-corrected chi connectivity index (χ4v) is 3.03. The summed E-state index contributed by atoms with van der Waals surface area (Å²) in [5, 5.41) is 11.4. The lowest BCUT2D eigenvalue weighted by atomic mass is 9.85. The van der Waals surface area contributed by atoms with Gasteiger partial charge in [-0.2, -0.15) is 0 Å². The molecule has 5 heteroatoms. The normalized spacial score (nSPS) is 18.7. The van der Waals surface area contributed by atoms with Gasteiger partial charge >= 0.3 is 0 Å². The molecule has 2 rings (SSSR count). The predicted octanol–water partition coefficient (Wildman–Crippen LogP) is 4.83. The minimum absolute atomic E-state index is 0.269. The fourth-order valence-electron chi connectivity index (χ4n) is 2.18. The van der Waals surface area contributed by atoms with Gasteiger partial charge in [0.2, 0.25) is 0 Å². The summed E-state index contributed by atoms with van der Waals surface area (Å²) in [7, 11) is 0. The highest BCUT2D eigenvalue weighted by Gasteiger charge is 2.30. The molecule has 1 aromatic rings. The maximum absolute atomic E-state index is 10.3. The van der Waals surface area contributed by atoms with Crippen molar-refractivity contribution in [2.45, 2.75) is 37.7 Å². The molecule has 100 valence electrons. The first kappa shape index (κ1) is 14.4. The Kier molecular flexibility index (Phi) is 4.81. The van der Waals surface area contributed by atoms with Gasteiger partial charge in [0.25, 0.3) is 0 Å². The molecule has 0 spiro atoms. The van der Waals surface area contributed by atoms with E-state index in [0.717, 1.165) is 30.2 Å². The van der Waals surface area contributed by atoms with Crippen molar-refractivity contribution in [2.75, 3.05) is 6.61 Å². The molecule has 1 aliphatic rings. The van der Waals surface area contributed by atoms with Crippen LogP contribution in [0, 0.1) is 0 Å². The zero-order valence-electron chi connectivity index (χ0n) is 9.89. The minimum Gasteiger partial charge on any atom is -0.489 e. The maximum atomic E-state index is 10.3. The van der Waals surface area contributed by atoms with Crippen molar-refractivity contribution in [1.29, 1.82) is 0 Å². The highest BCUT2D eigenvalue weighted by molar-refractivity contribution is 9.10. The van der Waals surface area contributed by atoms with Crippen molar-refractivity contribution >= 4 is 39.1 Å². The van der Waals surface area contributed by atoms with E-state index >= 15 is 0 Å². The molecule has 18 heavy (non-hydrogen) atoms. The van der Waals surface area contributed by atoms with Crippen molar-refractivity contribution < 1.29 is 9.84 Å². The summed E-state index contributed by atoms with van der Waals surface area (Å²) in [6, 6.07) is 3.37. The first-order chi connectivity index (χ1) is 8.50. The molecule has 0 radical (unpaired) electrons. The van der Waals surface area contributed by atoms with E-state index in [1.54, 1.807) is 12.1 Å². The van der Waals surface area contributed by atoms with Gasteiger partial charge < -0.3 is 9.84 Å². The molecule has 0 aliphatic heterocycles. The van der Waals surface area contributed by atoms with Crippen LogP contribution < -0.4 is 4.74 Å². The second-order valence-corrected chi connectivity index (χ2v) is 6.44. The molecule has 0 heterocycles. The third-order valence-corrected chi connectivity index (χ3v) is 4.75. The summed E-state index contributed by atoms with van der Waals surface area (Å²) >= 11 is 15.4. The molecule has 2 nitrogen and oxygen atoms in total. The second kappa shape index (κ2) is 6.00. The number of rotatable bonds is 3. The van der Waals surface area contributed by atoms with Gasteiger partial charge in [0.05, 0.1) is 15.6 Å². The molecule has 0 amide bonds. The van der Waals surface area contributed by atoms with Crippen LogP contribution in [-0.2, 0) is 0 Å². The van der Waals surface area contributed by atoms with Crippen molar-refractivity contribution in [3.63, 3.8) is 0 Å². The number of hydrogen-bond acceptors (Lipinski definition) is 2. The van der Waals surface area contributed by atoms with E-state index in [1.165, 1.54) is 6.42 Å². The van der Waals surface area contributed by atoms with E-state index in [1.807, 2.05) is 0 Å². The molecule has 1 aliphatic carbocycles. The van der Waals surface area contributed by atoms with Crippen LogP contribution in [0.3, 0.4) is 0 Å². The van der Waals surface area contributed by atoms with Crippen molar-refractivity contribution in [3.8, 4) is 5.75 Å². The van der Waals surface area contributed by atoms with Gasteiger partial charge in [0, 0.05) is 10.5 Å². The average Bonchev–Trinajstić information content (AvgIpc) is 2.33. The maximum Gasteiger partial charge on any atom is 0.139 e. The van der Waals surface area contributed by atoms with Gasteiger partial charge in [-0.25, -0.2) is 0 Å². The van der Waals surface area contributed by atoms with Crippen LogP contribution in [0.2, 0.25) is 10.0 Å². The van der Waals surface area contributed by atoms with E-state index in [0.29, 0.717) is 15.8 Å². The molecular formula is C13H15BrCl2O2. The van der Waals surface area contributed by atoms with Crippen molar-refractivity contribution in [1.82, 2.24) is 0 Å². The number of hydrogen-bond donors (Lipinski definition) is 1. The lowest BCUT2D eigenvalue weighted by Gasteiger charge is -2.31. The SMILES string of the molecule is OC1(COc2cc(Cl)c(Br)cc2Cl)CCCCC1. The van der Waals surface area contributed by atoms with Gasteiger partial charge in [-0.3, -0.25) is 0 Å². The fraction of sp³-hybridized carbons (Fsp3) is 0.538. The Morgan fingerprint density at radius 3 is 2.50 bits per heavy atom. The van der Waals surface area contributed by atoms with Gasteiger partial charge in [-0.05, 0) is 34.8 Å². The van der Waals surface area contributed by atoms with Crippen LogP contribution in [-0.4, -0.2) is 17.3 Å². The Balaban J connectivity index is 2.03. The van der Waals surface area contributed by atoms with Crippen molar-refractivity contribution in [2.24, 2.45) is 0 Å². The summed E-state index contributed by atoms with van der Waals surface area (Å²) in [6.07, 6.45) is 4.86. The summed E-state index contributed by atoms with van der Waals surface area (Å²) < 4.78 is 6.36. The lowest BCUT2D eigenvalue weighted by Crippen LogP contribution is -2.37. The van der Waals surface area contributed by atoms with E-state index in [9.17, 15) is 5.11 Å². The summed E-state index contributed by atoms with van der Waals surface area (Å²) in [5.41, 5.74) is -0.721. The predicted molar refractivity (Wildman–Crippen MR) is 77.7 cm³/mol. The average molecular weight is 354 g/mol. The highest BCUT2D eigenvalue weighted by atomic mass is 79.9. The van der Waals surface area contributed by atoms with Gasteiger partial charge in [0.1, 0.15) is 12.4 Å². The first-order valence-electron chi connectivity index (χ1n) is 6.00. The van der Waals surface area contributed by atoms with Crippen molar-refractivity contribution in [3.05, 3.63) is 26.7 Å². The van der Waals surface area contributed by atoms with Crippen LogP contribution in [0.4, 0.5) is 0 Å². The topological polar surface area (TPSA) is 29.5 Å². The Bertz CT molecular complexity index is 431. The number of benzene rings is 1. The Hall–Kier alpha value is 0.0400. The summed E-state index contributed by atoms with van der Waals surface area (Å²) in [4.78, 5) is 0. The number of ether oxygens (including phenoxy) is 1. The van der Waals surface area contributed by atoms with Crippen LogP contribution in [0.15, 0.2) is 16.6 Å². The lowest BCUT2D eigenvalue weighted by molar-refractivity contribution is -0.0338. The molecule has 0 unspecified atom stereocenters. The molecule has 1 aromatic carbocycles. The molecule has 1 saturated carbocycles. The number of halogens is 3. The van der Waals surface area contributed by atoms with Crippen LogP contribution >= 0.6 is 39.1 Å². The Morgan fingerprint density at radius 2 is 1.83 bits per heavy atom. The van der Waals surface area contributed by atoms with Gasteiger partial charge in [0.15, 0.2) is 0 Å². The quantitative estimate of drug-likeness (QED) is 0.788. The molecule has 0 atom stereocenters. The first-order valence-corrected chi connectivity index (χ1v) is 7.55. The van der Waals surface area contributed by atoms with Crippen LogP contribution in [0.1, 0.15) is 32.1 Å². The van der Waals surface area contributed by atoms with Gasteiger partial charge in [-0.1, -0.05) is 42.5 Å². The van der Waals surface area contributed by atoms with Crippen LogP contribution in [0.5, 0.6) is 5.75 Å². The summed E-state index contributed by atoms with van der Waals surface area (Å²) in [5.74, 6) is 0.517. The number of aliphatic hydroxyl groups is 1. The third-order valence-electron chi connectivity index (χ3n) is 3.26. The van der Waals surface area contributed by atoms with E-state index in [4.69, 9.17) is 27.9 Å². The standard InChI is InChI=1S/C13H15BrCl2O2/c14-9-6-11(16)12(7-10(9)15)18-8-13(17)4-2-1-3-5-13/h6-7,17H,1-5,8H2. The zero-order chi connectivity index (χ0) is 13.2. The van der Waals surface area contributed by atoms with E-state index in [-0.39, 0.29) is 6.61 Å². The third kappa shape index (κ3) is 3.53. The molecule has 1 fully saturated rings. The molecule has 0 bridgehead atoms. The van der Waals surface area contributed by atoms with Gasteiger partial charge in [-0.15, -0.1) is 0 Å². The monoisotopic (exact) mass is 352 g/mol. The molecule has 1 N–H and O–H groups in total. The second-order valence-electron chi connectivity index (χ2n) is 4.77. The molecular weight excluding hydrogens is 339 g/mol. The summed E-state index contributed by atoms with van der Waals surface area (Å²) in [6.45, 7) is 0.269. The van der Waals surface area contributed by atoms with Crippen LogP contribution in [0.25, 0.3) is 0 Å². The smallest absolute Gasteiger partial charge is 0.139 e. The largest absolute Gasteiger partial charge is 0.489 e. The minimum atomic E-state index is -0.721.